The first-order valence-corrected chi connectivity index (χ1v) is 3.65. The monoisotopic (exact) mass is 147 g/mol. The standard InChI is InChI=1S/C3H9N3.2C2H6/c1-3(4)2-6-5;2*1-2/h2,6H,4-5H2,1H3;2*1-2H3/b3-2-;;. The molecule has 0 fully saturated rings. The molecule has 5 N–H and O–H groups in total. The lowest BCUT2D eigenvalue weighted by atomic mass is 10.6. The molecule has 3 heteroatoms. The highest BCUT2D eigenvalue weighted by molar-refractivity contribution is 4.87. The smallest absolute Gasteiger partial charge is 0.0307 e. The molecular formula is C7H21N3. The molecule has 0 bridgehead atoms. The molecular weight excluding hydrogens is 126 g/mol. The Kier molecular flexibility index (Phi) is 38.6. The molecule has 0 aliphatic carbocycles. The van der Waals surface area contributed by atoms with Gasteiger partial charge in [-0.25, -0.2) is 0 Å². The number of nitrogens with two attached hydrogens (primary N) is 2. The molecule has 0 atom stereocenters. The van der Waals surface area contributed by atoms with Gasteiger partial charge in [0.2, 0.25) is 0 Å². The summed E-state index contributed by atoms with van der Waals surface area (Å²) in [7, 11) is 0. The number of hydrogen-bond donors (Lipinski definition) is 3. The second-order valence-corrected chi connectivity index (χ2v) is 1.06. The van der Waals surface area contributed by atoms with Gasteiger partial charge in [0.1, 0.15) is 0 Å². The van der Waals surface area contributed by atoms with Gasteiger partial charge in [0, 0.05) is 11.9 Å². The zero-order chi connectivity index (χ0) is 8.99. The molecule has 3 nitrogen and oxygen atoms in total. The maximum atomic E-state index is 5.12. The second kappa shape index (κ2) is 23.9. The number of hydrazine groups is 1. The average molecular weight is 147 g/mol. The first-order chi connectivity index (χ1) is 4.77. The van der Waals surface area contributed by atoms with Crippen LogP contribution in [0.3, 0.4) is 0 Å². The highest BCUT2D eigenvalue weighted by Crippen LogP contribution is 1.67. The van der Waals surface area contributed by atoms with Gasteiger partial charge in [0.25, 0.3) is 0 Å². The van der Waals surface area contributed by atoms with E-state index in [0.29, 0.717) is 5.70 Å². The van der Waals surface area contributed by atoms with E-state index in [1.807, 2.05) is 27.7 Å². The Bertz CT molecular complexity index is 55.9. The van der Waals surface area contributed by atoms with Crippen molar-refractivity contribution >= 4 is 0 Å². The van der Waals surface area contributed by atoms with Crippen molar-refractivity contribution in [2.75, 3.05) is 0 Å². The minimum atomic E-state index is 0.678. The summed E-state index contributed by atoms with van der Waals surface area (Å²) in [6, 6.07) is 0. The van der Waals surface area contributed by atoms with Crippen molar-refractivity contribution in [3.63, 3.8) is 0 Å². The Morgan fingerprint density at radius 3 is 1.50 bits per heavy atom. The van der Waals surface area contributed by atoms with E-state index in [4.69, 9.17) is 11.6 Å². The SMILES string of the molecule is C/C(N)=C/NN.CC.CC. The van der Waals surface area contributed by atoms with Gasteiger partial charge in [-0.05, 0) is 6.92 Å². The van der Waals surface area contributed by atoms with Crippen LogP contribution < -0.4 is 17.0 Å². The van der Waals surface area contributed by atoms with Crippen molar-refractivity contribution < 1.29 is 0 Å². The van der Waals surface area contributed by atoms with E-state index in [1.165, 1.54) is 6.20 Å². The lowest BCUT2D eigenvalue weighted by Crippen LogP contribution is -2.15. The third kappa shape index (κ3) is 54.8. The molecule has 0 heterocycles. The van der Waals surface area contributed by atoms with Crippen LogP contribution >= 0.6 is 0 Å². The van der Waals surface area contributed by atoms with Crippen LogP contribution in [0.15, 0.2) is 11.9 Å². The van der Waals surface area contributed by atoms with Crippen molar-refractivity contribution in [3.8, 4) is 0 Å². The molecule has 64 valence electrons. The Balaban J connectivity index is -0.000000105. The molecule has 0 radical (unpaired) electrons. The lowest BCUT2D eigenvalue weighted by molar-refractivity contribution is 0.946. The van der Waals surface area contributed by atoms with Gasteiger partial charge in [0.05, 0.1) is 0 Å². The van der Waals surface area contributed by atoms with Crippen molar-refractivity contribution in [1.29, 1.82) is 0 Å². The summed E-state index contributed by atoms with van der Waals surface area (Å²) >= 11 is 0. The van der Waals surface area contributed by atoms with E-state index in [-0.39, 0.29) is 0 Å². The fourth-order valence-electron chi connectivity index (χ4n) is 0.131. The molecule has 0 aliphatic heterocycles. The van der Waals surface area contributed by atoms with E-state index in [1.54, 1.807) is 6.92 Å². The molecule has 0 unspecified atom stereocenters. The van der Waals surface area contributed by atoms with E-state index in [9.17, 15) is 0 Å². The van der Waals surface area contributed by atoms with Crippen LogP contribution in [-0.4, -0.2) is 0 Å². The highest BCUT2D eigenvalue weighted by Gasteiger charge is 1.65. The minimum Gasteiger partial charge on any atom is -0.401 e. The molecule has 0 aromatic heterocycles. The highest BCUT2D eigenvalue weighted by atomic mass is 15.2. The fourth-order valence-corrected chi connectivity index (χ4v) is 0.131. The van der Waals surface area contributed by atoms with Crippen molar-refractivity contribution in [2.45, 2.75) is 34.6 Å². The maximum Gasteiger partial charge on any atom is 0.0307 e. The molecule has 0 saturated heterocycles. The summed E-state index contributed by atoms with van der Waals surface area (Å²) in [4.78, 5) is 0. The Labute approximate surface area is 64.5 Å². The summed E-state index contributed by atoms with van der Waals surface area (Å²) in [5.41, 5.74) is 8.08. The summed E-state index contributed by atoms with van der Waals surface area (Å²) < 4.78 is 0. The maximum absolute atomic E-state index is 5.12. The van der Waals surface area contributed by atoms with Crippen molar-refractivity contribution in [3.05, 3.63) is 11.9 Å². The quantitative estimate of drug-likeness (QED) is 0.387. The van der Waals surface area contributed by atoms with Crippen LogP contribution in [0.2, 0.25) is 0 Å². The minimum absolute atomic E-state index is 0.678. The summed E-state index contributed by atoms with van der Waals surface area (Å²) in [6.45, 7) is 9.75. The van der Waals surface area contributed by atoms with E-state index < -0.39 is 0 Å². The number of rotatable bonds is 1. The molecule has 0 aromatic rings. The molecule has 0 spiro atoms. The normalized spacial score (nSPS) is 8.00. The first kappa shape index (κ1) is 16.1. The first-order valence-electron chi connectivity index (χ1n) is 3.65. The molecule has 0 rings (SSSR count). The van der Waals surface area contributed by atoms with Gasteiger partial charge in [-0.15, -0.1) is 0 Å². The Morgan fingerprint density at radius 2 is 1.50 bits per heavy atom. The van der Waals surface area contributed by atoms with Gasteiger partial charge < -0.3 is 11.2 Å². The third-order valence-electron chi connectivity index (χ3n) is 0.311. The zero-order valence-corrected chi connectivity index (χ0v) is 7.73. The van der Waals surface area contributed by atoms with E-state index in [0.717, 1.165) is 0 Å². The predicted octanol–water partition coefficient (Wildman–Crippen LogP) is 1.32. The van der Waals surface area contributed by atoms with Gasteiger partial charge >= 0.3 is 0 Å². The Morgan fingerprint density at radius 1 is 1.20 bits per heavy atom. The number of hydrogen-bond acceptors (Lipinski definition) is 3. The van der Waals surface area contributed by atoms with Gasteiger partial charge in [-0.2, -0.15) is 0 Å². The number of allylic oxidation sites excluding steroid dienone is 1. The predicted molar refractivity (Wildman–Crippen MR) is 48.0 cm³/mol. The van der Waals surface area contributed by atoms with Crippen molar-refractivity contribution in [1.82, 2.24) is 5.43 Å². The largest absolute Gasteiger partial charge is 0.401 e. The van der Waals surface area contributed by atoms with Crippen LogP contribution in [-0.2, 0) is 0 Å². The topological polar surface area (TPSA) is 64.1 Å². The van der Waals surface area contributed by atoms with Crippen LogP contribution in [0.25, 0.3) is 0 Å². The fraction of sp³-hybridized carbons (Fsp3) is 0.714. The van der Waals surface area contributed by atoms with Crippen LogP contribution in [0.1, 0.15) is 34.6 Å². The molecule has 0 saturated carbocycles. The second-order valence-electron chi connectivity index (χ2n) is 1.06. The molecule has 0 amide bonds. The lowest BCUT2D eigenvalue weighted by Gasteiger charge is -1.85. The zero-order valence-electron chi connectivity index (χ0n) is 7.73. The molecule has 10 heavy (non-hydrogen) atoms. The Hall–Kier alpha value is -0.700. The van der Waals surface area contributed by atoms with Gasteiger partial charge in [-0.3, -0.25) is 5.84 Å². The third-order valence-corrected chi connectivity index (χ3v) is 0.311. The van der Waals surface area contributed by atoms with Gasteiger partial charge in [0.15, 0.2) is 0 Å². The van der Waals surface area contributed by atoms with Crippen LogP contribution in [0.5, 0.6) is 0 Å². The number of nitrogens with one attached hydrogen (secondary N) is 1. The average Bonchev–Trinajstić information content (AvgIpc) is 1.96. The summed E-state index contributed by atoms with van der Waals surface area (Å²) in [5, 5.41) is 0. The molecule has 0 aromatic carbocycles. The molecule has 0 aliphatic rings. The van der Waals surface area contributed by atoms with Gasteiger partial charge in [-0.1, -0.05) is 27.7 Å². The van der Waals surface area contributed by atoms with Crippen LogP contribution in [0, 0.1) is 0 Å². The van der Waals surface area contributed by atoms with Crippen molar-refractivity contribution in [2.24, 2.45) is 11.6 Å². The van der Waals surface area contributed by atoms with E-state index >= 15 is 0 Å². The van der Waals surface area contributed by atoms with Crippen LogP contribution in [0.4, 0.5) is 0 Å². The summed E-state index contributed by atoms with van der Waals surface area (Å²) in [6.07, 6.45) is 1.51. The summed E-state index contributed by atoms with van der Waals surface area (Å²) in [5.74, 6) is 4.82. The van der Waals surface area contributed by atoms with E-state index in [2.05, 4.69) is 5.43 Å².